The van der Waals surface area contributed by atoms with Gasteiger partial charge in [-0.25, -0.2) is 4.52 Å². The maximum absolute atomic E-state index is 9.84. The van der Waals surface area contributed by atoms with Crippen molar-refractivity contribution in [2.24, 2.45) is 0 Å². The van der Waals surface area contributed by atoms with Crippen molar-refractivity contribution >= 4 is 35.2 Å². The van der Waals surface area contributed by atoms with Gasteiger partial charge >= 0.3 is 0 Å². The van der Waals surface area contributed by atoms with Crippen molar-refractivity contribution in [3.05, 3.63) is 54.6 Å². The molecule has 166 valence electrons. The largest absolute Gasteiger partial charge is 0.334 e. The number of fused-ring (bicyclic) bond motifs is 1. The summed E-state index contributed by atoms with van der Waals surface area (Å²) in [5.74, 6) is 2.29. The van der Waals surface area contributed by atoms with E-state index in [0.717, 1.165) is 41.8 Å². The first kappa shape index (κ1) is 21.3. The van der Waals surface area contributed by atoms with Crippen LogP contribution in [0.3, 0.4) is 0 Å². The number of hydrogen-bond acceptors (Lipinski definition) is 7. The molecule has 0 aromatic carbocycles. The predicted octanol–water partition coefficient (Wildman–Crippen LogP) is 3.53. The zero-order chi connectivity index (χ0) is 22.6. The first-order valence-corrected chi connectivity index (χ1v) is 10.5. The minimum Gasteiger partial charge on any atom is -0.334 e. The topological polar surface area (TPSA) is 116 Å². The maximum atomic E-state index is 9.84. The molecule has 0 radical (unpaired) electrons. The SMILES string of the molecule is Cc1cc(Nc2nc(N3CCCC3(C)C)nn3cccc23)n[nH]1.O=CNc1cccnc1. The van der Waals surface area contributed by atoms with E-state index in [4.69, 9.17) is 4.98 Å². The molecule has 1 aliphatic heterocycles. The zero-order valence-electron chi connectivity index (χ0n) is 18.4. The third-order valence-electron chi connectivity index (χ3n) is 5.36. The average molecular weight is 434 g/mol. The molecule has 0 aliphatic carbocycles. The second-order valence-corrected chi connectivity index (χ2v) is 8.23. The quantitative estimate of drug-likeness (QED) is 0.412. The van der Waals surface area contributed by atoms with Crippen LogP contribution in [0.15, 0.2) is 48.9 Å². The third-order valence-corrected chi connectivity index (χ3v) is 5.36. The van der Waals surface area contributed by atoms with Gasteiger partial charge in [-0.05, 0) is 57.9 Å². The molecule has 1 fully saturated rings. The fourth-order valence-electron chi connectivity index (χ4n) is 3.73. The van der Waals surface area contributed by atoms with Crippen LogP contribution in [-0.4, -0.2) is 48.3 Å². The Morgan fingerprint density at radius 1 is 1.25 bits per heavy atom. The summed E-state index contributed by atoms with van der Waals surface area (Å²) in [4.78, 5) is 20.7. The Labute approximate surface area is 186 Å². The summed E-state index contributed by atoms with van der Waals surface area (Å²) in [6.07, 6.45) is 8.12. The van der Waals surface area contributed by atoms with Gasteiger partial charge in [0.25, 0.3) is 0 Å². The minimum atomic E-state index is 0.0843. The highest BCUT2D eigenvalue weighted by Crippen LogP contribution is 2.32. The fraction of sp³-hybridized carbons (Fsp3) is 0.318. The lowest BCUT2D eigenvalue weighted by Crippen LogP contribution is -2.39. The van der Waals surface area contributed by atoms with Gasteiger partial charge in [-0.2, -0.15) is 10.1 Å². The van der Waals surface area contributed by atoms with E-state index < -0.39 is 0 Å². The van der Waals surface area contributed by atoms with Crippen molar-refractivity contribution < 1.29 is 4.79 Å². The maximum Gasteiger partial charge on any atom is 0.246 e. The van der Waals surface area contributed by atoms with E-state index in [1.165, 1.54) is 6.42 Å². The molecule has 4 aromatic rings. The Morgan fingerprint density at radius 3 is 2.78 bits per heavy atom. The lowest BCUT2D eigenvalue weighted by molar-refractivity contribution is -0.105. The number of hydrogen-bond donors (Lipinski definition) is 3. The van der Waals surface area contributed by atoms with Gasteiger partial charge in [0.15, 0.2) is 11.6 Å². The van der Waals surface area contributed by atoms with Crippen LogP contribution >= 0.6 is 0 Å². The van der Waals surface area contributed by atoms with Crippen molar-refractivity contribution in [3.8, 4) is 0 Å². The van der Waals surface area contributed by atoms with Crippen LogP contribution in [0.2, 0.25) is 0 Å². The first-order chi connectivity index (χ1) is 15.5. The molecule has 0 unspecified atom stereocenters. The van der Waals surface area contributed by atoms with Crippen molar-refractivity contribution in [1.29, 1.82) is 0 Å². The van der Waals surface area contributed by atoms with E-state index in [1.54, 1.807) is 24.5 Å². The second-order valence-electron chi connectivity index (χ2n) is 8.23. The molecule has 5 rings (SSSR count). The van der Waals surface area contributed by atoms with Crippen molar-refractivity contribution in [3.63, 3.8) is 0 Å². The number of carbonyl (C=O) groups is 1. The summed E-state index contributed by atoms with van der Waals surface area (Å²) in [5.41, 5.74) is 2.74. The number of nitrogens with one attached hydrogen (secondary N) is 3. The number of rotatable bonds is 5. The molecule has 5 heterocycles. The lowest BCUT2D eigenvalue weighted by atomic mass is 10.0. The summed E-state index contributed by atoms with van der Waals surface area (Å²) >= 11 is 0. The number of H-pyrrole nitrogens is 1. The number of nitrogens with zero attached hydrogens (tertiary/aromatic N) is 6. The standard InChI is InChI=1S/C16H21N7.C6H6N2O/c1-11-10-13(20-19-11)17-14-12-6-4-9-23(12)21-15(18-14)22-8-5-7-16(22,2)3;9-5-8-6-2-1-3-7-4-6/h4,6,9-10H,5,7-8H2,1-3H3,(H2,17,18,19,20,21);1-5H,(H,8,9). The van der Waals surface area contributed by atoms with Crippen LogP contribution < -0.4 is 15.5 Å². The van der Waals surface area contributed by atoms with Crippen LogP contribution in [0.1, 0.15) is 32.4 Å². The van der Waals surface area contributed by atoms with E-state index in [0.29, 0.717) is 12.1 Å². The number of amides is 1. The molecular formula is C22H27N9O. The monoisotopic (exact) mass is 433 g/mol. The minimum absolute atomic E-state index is 0.0843. The van der Waals surface area contributed by atoms with Gasteiger partial charge < -0.3 is 15.5 Å². The van der Waals surface area contributed by atoms with E-state index >= 15 is 0 Å². The number of aryl methyl sites for hydroxylation is 1. The highest BCUT2D eigenvalue weighted by atomic mass is 16.1. The predicted molar refractivity (Wildman–Crippen MR) is 124 cm³/mol. The summed E-state index contributed by atoms with van der Waals surface area (Å²) in [7, 11) is 0. The van der Waals surface area contributed by atoms with Crippen molar-refractivity contribution in [2.45, 2.75) is 39.2 Å². The van der Waals surface area contributed by atoms with Gasteiger partial charge in [0.05, 0.1) is 11.9 Å². The number of aromatic amines is 1. The zero-order valence-corrected chi connectivity index (χ0v) is 18.4. The van der Waals surface area contributed by atoms with Gasteiger partial charge in [0, 0.05) is 36.2 Å². The molecule has 0 atom stereocenters. The second kappa shape index (κ2) is 9.04. The van der Waals surface area contributed by atoms with Crippen LogP contribution in [0.5, 0.6) is 0 Å². The van der Waals surface area contributed by atoms with Gasteiger partial charge in [-0.3, -0.25) is 14.9 Å². The van der Waals surface area contributed by atoms with Crippen LogP contribution in [0, 0.1) is 6.92 Å². The normalized spacial score (nSPS) is 14.7. The molecule has 10 nitrogen and oxygen atoms in total. The molecule has 0 spiro atoms. The summed E-state index contributed by atoms with van der Waals surface area (Å²) in [5, 5.41) is 17.6. The number of aromatic nitrogens is 6. The van der Waals surface area contributed by atoms with Gasteiger partial charge in [-0.1, -0.05) is 0 Å². The molecule has 1 aliphatic rings. The third kappa shape index (κ3) is 4.69. The highest BCUT2D eigenvalue weighted by Gasteiger charge is 2.34. The summed E-state index contributed by atoms with van der Waals surface area (Å²) in [6.45, 7) is 7.45. The van der Waals surface area contributed by atoms with Crippen LogP contribution in [0.4, 0.5) is 23.3 Å². The molecule has 4 aromatic heterocycles. The Morgan fingerprint density at radius 2 is 2.12 bits per heavy atom. The first-order valence-electron chi connectivity index (χ1n) is 10.5. The Hall–Kier alpha value is -3.95. The summed E-state index contributed by atoms with van der Waals surface area (Å²) in [6, 6.07) is 9.46. The lowest BCUT2D eigenvalue weighted by Gasteiger charge is -2.31. The summed E-state index contributed by atoms with van der Waals surface area (Å²) < 4.78 is 1.87. The number of pyridine rings is 1. The molecule has 3 N–H and O–H groups in total. The van der Waals surface area contributed by atoms with E-state index in [9.17, 15) is 4.79 Å². The number of carbonyl (C=O) groups excluding carboxylic acids is 1. The van der Waals surface area contributed by atoms with Gasteiger partial charge in [0.2, 0.25) is 12.4 Å². The molecule has 32 heavy (non-hydrogen) atoms. The number of anilines is 4. The molecule has 1 amide bonds. The van der Waals surface area contributed by atoms with Gasteiger partial charge in [0.1, 0.15) is 5.52 Å². The highest BCUT2D eigenvalue weighted by molar-refractivity contribution is 5.73. The average Bonchev–Trinajstić information content (AvgIpc) is 3.49. The Balaban J connectivity index is 0.000000230. The van der Waals surface area contributed by atoms with E-state index in [-0.39, 0.29) is 5.54 Å². The van der Waals surface area contributed by atoms with Crippen LogP contribution in [0.25, 0.3) is 5.52 Å². The molecule has 0 saturated carbocycles. The smallest absolute Gasteiger partial charge is 0.246 e. The van der Waals surface area contributed by atoms with Gasteiger partial charge in [-0.15, -0.1) is 5.10 Å². The van der Waals surface area contributed by atoms with E-state index in [1.807, 2.05) is 35.8 Å². The van der Waals surface area contributed by atoms with E-state index in [2.05, 4.69) is 49.7 Å². The fourth-order valence-corrected chi connectivity index (χ4v) is 3.73. The Bertz CT molecular complexity index is 1180. The van der Waals surface area contributed by atoms with Crippen molar-refractivity contribution in [1.82, 2.24) is 29.8 Å². The van der Waals surface area contributed by atoms with Crippen LogP contribution in [-0.2, 0) is 4.79 Å². The molecule has 1 saturated heterocycles. The molecule has 0 bridgehead atoms. The Kier molecular flexibility index (Phi) is 6.02. The molecular weight excluding hydrogens is 406 g/mol. The van der Waals surface area contributed by atoms with Crippen molar-refractivity contribution in [2.75, 3.05) is 22.1 Å². The molecule has 10 heteroatoms.